The number of benzene rings is 1. The first-order valence-electron chi connectivity index (χ1n) is 6.19. The van der Waals surface area contributed by atoms with Gasteiger partial charge >= 0.3 is 0 Å². The minimum Gasteiger partial charge on any atom is -0.493 e. The Hall–Kier alpha value is -2.54. The van der Waals surface area contributed by atoms with E-state index in [4.69, 9.17) is 25.8 Å². The van der Waals surface area contributed by atoms with Crippen molar-refractivity contribution in [2.45, 2.75) is 0 Å². The maximum absolute atomic E-state index is 12.1. The highest BCUT2D eigenvalue weighted by Gasteiger charge is 2.15. The predicted molar refractivity (Wildman–Crippen MR) is 81.1 cm³/mol. The lowest BCUT2D eigenvalue weighted by Crippen LogP contribution is -2.14. The molecular weight excluding hydrogens is 310 g/mol. The molecule has 1 aromatic heterocycles. The van der Waals surface area contributed by atoms with Crippen LogP contribution in [0.25, 0.3) is 0 Å². The normalized spacial score (nSPS) is 10.0. The fraction of sp³-hybridized carbons (Fsp3) is 0.214. The lowest BCUT2D eigenvalue weighted by atomic mass is 10.2. The zero-order chi connectivity index (χ0) is 16.1. The first-order valence-corrected chi connectivity index (χ1v) is 6.57. The van der Waals surface area contributed by atoms with Gasteiger partial charge in [0.15, 0.2) is 22.3 Å². The van der Waals surface area contributed by atoms with E-state index in [-0.39, 0.29) is 10.8 Å². The van der Waals surface area contributed by atoms with Crippen molar-refractivity contribution in [2.75, 3.05) is 26.6 Å². The fourth-order valence-electron chi connectivity index (χ4n) is 1.79. The van der Waals surface area contributed by atoms with E-state index in [1.807, 2.05) is 0 Å². The molecule has 0 atom stereocenters. The quantitative estimate of drug-likeness (QED) is 0.909. The summed E-state index contributed by atoms with van der Waals surface area (Å²) in [5.41, 5.74) is 0.606. The molecule has 0 aliphatic carbocycles. The van der Waals surface area contributed by atoms with Gasteiger partial charge in [0, 0.05) is 17.8 Å². The topological polar surface area (TPSA) is 82.6 Å². The molecule has 0 bridgehead atoms. The van der Waals surface area contributed by atoms with Gasteiger partial charge in [0.2, 0.25) is 5.75 Å². The van der Waals surface area contributed by atoms with Crippen LogP contribution in [-0.2, 0) is 0 Å². The van der Waals surface area contributed by atoms with Crippen LogP contribution in [0, 0.1) is 0 Å². The molecule has 1 heterocycles. The van der Waals surface area contributed by atoms with Crippen molar-refractivity contribution < 1.29 is 19.0 Å². The van der Waals surface area contributed by atoms with Crippen molar-refractivity contribution >= 4 is 23.2 Å². The van der Waals surface area contributed by atoms with Crippen LogP contribution in [0.5, 0.6) is 17.2 Å². The van der Waals surface area contributed by atoms with Crippen molar-refractivity contribution in [2.24, 2.45) is 0 Å². The first-order chi connectivity index (χ1) is 10.6. The van der Waals surface area contributed by atoms with Crippen molar-refractivity contribution in [3.8, 4) is 17.2 Å². The van der Waals surface area contributed by atoms with Crippen LogP contribution in [0.1, 0.15) is 10.5 Å². The van der Waals surface area contributed by atoms with E-state index in [0.29, 0.717) is 22.9 Å². The van der Waals surface area contributed by atoms with E-state index in [1.54, 1.807) is 12.1 Å². The summed E-state index contributed by atoms with van der Waals surface area (Å²) in [5.74, 6) is 0.867. The number of ether oxygens (including phenoxy) is 3. The highest BCUT2D eigenvalue weighted by molar-refractivity contribution is 6.29. The third kappa shape index (κ3) is 3.37. The molecule has 0 spiro atoms. The van der Waals surface area contributed by atoms with Crippen molar-refractivity contribution in [1.29, 1.82) is 0 Å². The molecule has 0 aliphatic rings. The highest BCUT2D eigenvalue weighted by atomic mass is 35.5. The van der Waals surface area contributed by atoms with Crippen LogP contribution in [0.4, 0.5) is 5.69 Å². The molecule has 0 saturated heterocycles. The Morgan fingerprint density at radius 2 is 1.68 bits per heavy atom. The second kappa shape index (κ2) is 6.95. The summed E-state index contributed by atoms with van der Waals surface area (Å²) < 4.78 is 15.7. The fourth-order valence-corrected chi connectivity index (χ4v) is 1.89. The zero-order valence-electron chi connectivity index (χ0n) is 12.2. The lowest BCUT2D eigenvalue weighted by molar-refractivity contribution is 0.102. The maximum atomic E-state index is 12.1. The number of carbonyl (C=O) groups is 1. The molecule has 2 rings (SSSR count). The molecule has 0 unspecified atom stereocenters. The Morgan fingerprint density at radius 3 is 2.14 bits per heavy atom. The Kier molecular flexibility index (Phi) is 5.00. The average Bonchev–Trinajstić information content (AvgIpc) is 2.54. The molecule has 1 aromatic carbocycles. The molecular formula is C14H14ClN3O4. The number of carbonyl (C=O) groups excluding carboxylic acids is 1. The molecule has 8 heteroatoms. The number of hydrogen-bond donors (Lipinski definition) is 1. The van der Waals surface area contributed by atoms with E-state index in [9.17, 15) is 4.79 Å². The smallest absolute Gasteiger partial charge is 0.276 e. The Labute approximate surface area is 132 Å². The molecule has 0 fully saturated rings. The standard InChI is InChI=1S/C14H14ClN3O4/c1-20-10-6-8(7-11(21-2)13(10)22-3)16-14(19)9-4-5-12(15)18-17-9/h4-7H,1-3H3,(H,16,19). The van der Waals surface area contributed by atoms with Gasteiger partial charge in [0.05, 0.1) is 21.3 Å². The first kappa shape index (κ1) is 15.8. The number of aromatic nitrogens is 2. The van der Waals surface area contributed by atoms with E-state index in [0.717, 1.165) is 0 Å². The van der Waals surface area contributed by atoms with Crippen molar-refractivity contribution in [1.82, 2.24) is 10.2 Å². The zero-order valence-corrected chi connectivity index (χ0v) is 13.0. The molecule has 1 amide bonds. The Morgan fingerprint density at radius 1 is 1.05 bits per heavy atom. The van der Waals surface area contributed by atoms with E-state index < -0.39 is 5.91 Å². The van der Waals surface area contributed by atoms with Crippen LogP contribution in [-0.4, -0.2) is 37.4 Å². The summed E-state index contributed by atoms with van der Waals surface area (Å²) in [6, 6.07) is 6.19. The monoisotopic (exact) mass is 323 g/mol. The predicted octanol–water partition coefficient (Wildman–Crippen LogP) is 2.41. The summed E-state index contributed by atoms with van der Waals surface area (Å²) in [4.78, 5) is 12.1. The molecule has 116 valence electrons. The Balaban J connectivity index is 2.29. The van der Waals surface area contributed by atoms with Crippen LogP contribution in [0.15, 0.2) is 24.3 Å². The summed E-state index contributed by atoms with van der Waals surface area (Å²) in [7, 11) is 4.49. The highest BCUT2D eigenvalue weighted by Crippen LogP contribution is 2.39. The minimum absolute atomic E-state index is 0.137. The molecule has 1 N–H and O–H groups in total. The molecule has 7 nitrogen and oxygen atoms in total. The van der Waals surface area contributed by atoms with Crippen LogP contribution in [0.2, 0.25) is 5.15 Å². The second-order valence-electron chi connectivity index (χ2n) is 4.11. The van der Waals surface area contributed by atoms with E-state index >= 15 is 0 Å². The summed E-state index contributed by atoms with van der Waals surface area (Å²) in [5, 5.41) is 10.2. The van der Waals surface area contributed by atoms with Gasteiger partial charge in [-0.1, -0.05) is 11.6 Å². The SMILES string of the molecule is COc1cc(NC(=O)c2ccc(Cl)nn2)cc(OC)c1OC. The minimum atomic E-state index is -0.432. The van der Waals surface area contributed by atoms with Crippen molar-refractivity contribution in [3.63, 3.8) is 0 Å². The molecule has 0 saturated carbocycles. The van der Waals surface area contributed by atoms with Gasteiger partial charge < -0.3 is 19.5 Å². The van der Waals surface area contributed by atoms with Gasteiger partial charge in [0.25, 0.3) is 5.91 Å². The third-order valence-electron chi connectivity index (χ3n) is 2.79. The summed E-state index contributed by atoms with van der Waals surface area (Å²) in [6.45, 7) is 0. The van der Waals surface area contributed by atoms with Crippen LogP contribution < -0.4 is 19.5 Å². The Bertz CT molecular complexity index is 651. The van der Waals surface area contributed by atoms with Gasteiger partial charge in [-0.15, -0.1) is 10.2 Å². The van der Waals surface area contributed by atoms with Gasteiger partial charge in [-0.25, -0.2) is 0 Å². The molecule has 0 radical (unpaired) electrons. The number of methoxy groups -OCH3 is 3. The summed E-state index contributed by atoms with van der Waals surface area (Å²) in [6.07, 6.45) is 0. The van der Waals surface area contributed by atoms with E-state index in [1.165, 1.54) is 33.5 Å². The van der Waals surface area contributed by atoms with Crippen molar-refractivity contribution in [3.05, 3.63) is 35.1 Å². The number of anilines is 1. The maximum Gasteiger partial charge on any atom is 0.276 e. The lowest BCUT2D eigenvalue weighted by Gasteiger charge is -2.14. The van der Waals surface area contributed by atoms with Gasteiger partial charge in [-0.3, -0.25) is 4.79 Å². The van der Waals surface area contributed by atoms with E-state index in [2.05, 4.69) is 15.5 Å². The van der Waals surface area contributed by atoms with Crippen LogP contribution in [0.3, 0.4) is 0 Å². The van der Waals surface area contributed by atoms with Crippen LogP contribution >= 0.6 is 11.6 Å². The third-order valence-corrected chi connectivity index (χ3v) is 2.99. The van der Waals surface area contributed by atoms with Gasteiger partial charge in [-0.2, -0.15) is 0 Å². The molecule has 0 aliphatic heterocycles. The largest absolute Gasteiger partial charge is 0.493 e. The summed E-state index contributed by atoms with van der Waals surface area (Å²) >= 11 is 5.64. The number of halogens is 1. The number of nitrogens with zero attached hydrogens (tertiary/aromatic N) is 2. The molecule has 22 heavy (non-hydrogen) atoms. The van der Waals surface area contributed by atoms with Gasteiger partial charge in [-0.05, 0) is 12.1 Å². The number of hydrogen-bond acceptors (Lipinski definition) is 6. The second-order valence-corrected chi connectivity index (χ2v) is 4.50. The van der Waals surface area contributed by atoms with Gasteiger partial charge in [0.1, 0.15) is 0 Å². The number of amides is 1. The number of rotatable bonds is 5. The number of nitrogens with one attached hydrogen (secondary N) is 1. The average molecular weight is 324 g/mol. The molecule has 2 aromatic rings.